The van der Waals surface area contributed by atoms with E-state index in [9.17, 15) is 4.79 Å². The molecule has 0 radical (unpaired) electrons. The number of ether oxygens (including phenoxy) is 2. The number of nitrogens with one attached hydrogen (secondary N) is 1. The molecule has 0 bridgehead atoms. The highest BCUT2D eigenvalue weighted by atomic mass is 35.5. The third-order valence-electron chi connectivity index (χ3n) is 4.96. The molecule has 0 spiro atoms. The molecule has 0 saturated carbocycles. The lowest BCUT2D eigenvalue weighted by atomic mass is 10.1. The van der Waals surface area contributed by atoms with E-state index in [0.29, 0.717) is 47.9 Å². The summed E-state index contributed by atoms with van der Waals surface area (Å²) in [5.41, 5.74) is 1.67. The zero-order valence-corrected chi connectivity index (χ0v) is 17.8. The van der Waals surface area contributed by atoms with Crippen LogP contribution in [-0.2, 0) is 22.5 Å². The first-order chi connectivity index (χ1) is 15.1. The van der Waals surface area contributed by atoms with Crippen LogP contribution in [0.5, 0.6) is 5.75 Å². The topological polar surface area (TPSA) is 89.7 Å². The molecular weight excluding hydrogens is 420 g/mol. The molecule has 8 nitrogen and oxygen atoms in total. The fourth-order valence-corrected chi connectivity index (χ4v) is 3.55. The smallest absolute Gasteiger partial charge is 0.240 e. The molecule has 9 heteroatoms. The Labute approximate surface area is 185 Å². The van der Waals surface area contributed by atoms with Gasteiger partial charge in [-0.05, 0) is 29.8 Å². The van der Waals surface area contributed by atoms with Gasteiger partial charge in [-0.3, -0.25) is 9.69 Å². The molecule has 1 atom stereocenters. The number of nitrogens with zero attached hydrogens (tertiary/aromatic N) is 3. The minimum atomic E-state index is -0.244. The molecule has 1 aliphatic rings. The molecule has 31 heavy (non-hydrogen) atoms. The van der Waals surface area contributed by atoms with Gasteiger partial charge in [0.1, 0.15) is 5.75 Å². The van der Waals surface area contributed by atoms with Gasteiger partial charge in [-0.2, -0.15) is 4.98 Å². The average molecular weight is 443 g/mol. The van der Waals surface area contributed by atoms with E-state index in [1.807, 2.05) is 36.4 Å². The van der Waals surface area contributed by atoms with Crippen LogP contribution in [0.15, 0.2) is 53.1 Å². The molecule has 0 aliphatic carbocycles. The van der Waals surface area contributed by atoms with Crippen molar-refractivity contribution in [3.05, 3.63) is 70.8 Å². The highest BCUT2D eigenvalue weighted by Crippen LogP contribution is 2.25. The number of methoxy groups -OCH3 is 1. The van der Waals surface area contributed by atoms with Gasteiger partial charge in [-0.15, -0.1) is 0 Å². The van der Waals surface area contributed by atoms with E-state index in [4.69, 9.17) is 25.6 Å². The standard InChI is InChI=1S/C22H23ClN4O4/c1-29-18-5-3-2-4-17(18)24-21(28)12-20-25-22(31-26-20)14-27-10-11-30-19(13-27)15-6-8-16(23)9-7-15/h2-9,19H,10-14H2,1H3,(H,24,28)/t19-/m1/s1. The molecule has 1 saturated heterocycles. The zero-order chi connectivity index (χ0) is 21.6. The molecule has 1 N–H and O–H groups in total. The van der Waals surface area contributed by atoms with Crippen molar-refractivity contribution in [2.24, 2.45) is 0 Å². The van der Waals surface area contributed by atoms with Crippen molar-refractivity contribution in [1.29, 1.82) is 0 Å². The summed E-state index contributed by atoms with van der Waals surface area (Å²) in [6.45, 7) is 2.56. The number of hydrogen-bond acceptors (Lipinski definition) is 7. The Hall–Kier alpha value is -2.94. The molecule has 1 aromatic heterocycles. The number of morpholine rings is 1. The number of carbonyl (C=O) groups is 1. The molecule has 1 fully saturated rings. The second-order valence-corrected chi connectivity index (χ2v) is 7.61. The van der Waals surface area contributed by atoms with Crippen molar-refractivity contribution >= 4 is 23.2 Å². The number of aromatic nitrogens is 2. The van der Waals surface area contributed by atoms with Crippen molar-refractivity contribution in [1.82, 2.24) is 15.0 Å². The van der Waals surface area contributed by atoms with Crippen molar-refractivity contribution in [3.8, 4) is 5.75 Å². The minimum Gasteiger partial charge on any atom is -0.495 e. The molecule has 1 amide bonds. The van der Waals surface area contributed by atoms with Gasteiger partial charge in [-0.25, -0.2) is 0 Å². The summed E-state index contributed by atoms with van der Waals surface area (Å²) in [7, 11) is 1.56. The van der Waals surface area contributed by atoms with E-state index in [2.05, 4.69) is 20.4 Å². The van der Waals surface area contributed by atoms with Gasteiger partial charge in [0.2, 0.25) is 11.8 Å². The van der Waals surface area contributed by atoms with Crippen LogP contribution in [0.4, 0.5) is 5.69 Å². The van der Waals surface area contributed by atoms with E-state index in [1.165, 1.54) is 0 Å². The van der Waals surface area contributed by atoms with Crippen LogP contribution in [0, 0.1) is 0 Å². The number of rotatable bonds is 7. The molecule has 1 aliphatic heterocycles. The van der Waals surface area contributed by atoms with Crippen LogP contribution < -0.4 is 10.1 Å². The summed E-state index contributed by atoms with van der Waals surface area (Å²) in [4.78, 5) is 18.9. The first-order valence-corrected chi connectivity index (χ1v) is 10.3. The zero-order valence-electron chi connectivity index (χ0n) is 17.1. The summed E-state index contributed by atoms with van der Waals surface area (Å²) in [6.07, 6.45) is -0.0297. The van der Waals surface area contributed by atoms with E-state index in [1.54, 1.807) is 19.2 Å². The lowest BCUT2D eigenvalue weighted by Crippen LogP contribution is -2.37. The molecule has 162 valence electrons. The molecule has 4 rings (SSSR count). The lowest BCUT2D eigenvalue weighted by molar-refractivity contribution is -0.115. The highest BCUT2D eigenvalue weighted by molar-refractivity contribution is 6.30. The third kappa shape index (κ3) is 5.61. The average Bonchev–Trinajstić information content (AvgIpc) is 3.21. The molecule has 3 aromatic rings. The van der Waals surface area contributed by atoms with Gasteiger partial charge in [-0.1, -0.05) is 41.0 Å². The second kappa shape index (κ2) is 9.91. The fourth-order valence-electron chi connectivity index (χ4n) is 3.43. The summed E-state index contributed by atoms with van der Waals surface area (Å²) in [5.74, 6) is 1.15. The number of para-hydroxylation sites is 2. The molecule has 2 heterocycles. The number of anilines is 1. The van der Waals surface area contributed by atoms with E-state index >= 15 is 0 Å². The van der Waals surface area contributed by atoms with Crippen LogP contribution in [-0.4, -0.2) is 47.8 Å². The van der Waals surface area contributed by atoms with Gasteiger partial charge in [0.05, 0.1) is 38.5 Å². The predicted molar refractivity (Wildman–Crippen MR) is 115 cm³/mol. The first kappa shape index (κ1) is 21.3. The Morgan fingerprint density at radius 2 is 2.06 bits per heavy atom. The predicted octanol–water partition coefficient (Wildman–Crippen LogP) is 3.49. The van der Waals surface area contributed by atoms with E-state index in [0.717, 1.165) is 12.1 Å². The van der Waals surface area contributed by atoms with Crippen LogP contribution in [0.1, 0.15) is 23.4 Å². The number of amides is 1. The number of hydrogen-bond donors (Lipinski definition) is 1. The highest BCUT2D eigenvalue weighted by Gasteiger charge is 2.24. The SMILES string of the molecule is COc1ccccc1NC(=O)Cc1noc(CN2CCO[C@@H](c3ccc(Cl)cc3)C2)n1. The Morgan fingerprint density at radius 3 is 2.87 bits per heavy atom. The van der Waals surface area contributed by atoms with Crippen LogP contribution >= 0.6 is 11.6 Å². The monoisotopic (exact) mass is 442 g/mol. The van der Waals surface area contributed by atoms with Crippen LogP contribution in [0.25, 0.3) is 0 Å². The Kier molecular flexibility index (Phi) is 6.81. The van der Waals surface area contributed by atoms with Crippen LogP contribution in [0.2, 0.25) is 5.02 Å². The summed E-state index contributed by atoms with van der Waals surface area (Å²) in [6, 6.07) is 14.9. The van der Waals surface area contributed by atoms with E-state index in [-0.39, 0.29) is 18.4 Å². The van der Waals surface area contributed by atoms with Crippen LogP contribution in [0.3, 0.4) is 0 Å². The Bertz CT molecular complexity index is 1020. The van der Waals surface area contributed by atoms with Crippen molar-refractivity contribution in [2.75, 3.05) is 32.1 Å². The maximum atomic E-state index is 12.3. The summed E-state index contributed by atoms with van der Waals surface area (Å²) < 4.78 is 16.5. The van der Waals surface area contributed by atoms with Crippen molar-refractivity contribution < 1.29 is 18.8 Å². The Morgan fingerprint density at radius 1 is 1.26 bits per heavy atom. The number of benzene rings is 2. The molecule has 0 unspecified atom stereocenters. The quantitative estimate of drug-likeness (QED) is 0.599. The fraction of sp³-hybridized carbons (Fsp3) is 0.318. The summed E-state index contributed by atoms with van der Waals surface area (Å²) >= 11 is 5.97. The maximum absolute atomic E-state index is 12.3. The van der Waals surface area contributed by atoms with Gasteiger partial charge in [0.25, 0.3) is 0 Å². The molecule has 2 aromatic carbocycles. The largest absolute Gasteiger partial charge is 0.495 e. The molecular formula is C22H23ClN4O4. The number of halogens is 1. The van der Waals surface area contributed by atoms with Gasteiger partial charge in [0.15, 0.2) is 5.82 Å². The lowest BCUT2D eigenvalue weighted by Gasteiger charge is -2.32. The Balaban J connectivity index is 1.32. The minimum absolute atomic E-state index is 0.0120. The van der Waals surface area contributed by atoms with E-state index < -0.39 is 0 Å². The first-order valence-electron chi connectivity index (χ1n) is 9.94. The summed E-state index contributed by atoms with van der Waals surface area (Å²) in [5, 5.41) is 7.45. The number of carbonyl (C=O) groups excluding carboxylic acids is 1. The normalized spacial score (nSPS) is 16.8. The second-order valence-electron chi connectivity index (χ2n) is 7.18. The van der Waals surface area contributed by atoms with Crippen molar-refractivity contribution in [3.63, 3.8) is 0 Å². The third-order valence-corrected chi connectivity index (χ3v) is 5.21. The van der Waals surface area contributed by atoms with Gasteiger partial charge in [0, 0.05) is 18.1 Å². The van der Waals surface area contributed by atoms with Gasteiger partial charge < -0.3 is 19.3 Å². The van der Waals surface area contributed by atoms with Gasteiger partial charge >= 0.3 is 0 Å². The maximum Gasteiger partial charge on any atom is 0.240 e. The van der Waals surface area contributed by atoms with Crippen molar-refractivity contribution in [2.45, 2.75) is 19.1 Å².